The van der Waals surface area contributed by atoms with Gasteiger partial charge in [0, 0.05) is 6.04 Å². The number of rotatable bonds is 2. The Kier molecular flexibility index (Phi) is 2.83. The fourth-order valence-electron chi connectivity index (χ4n) is 1.17. The minimum absolute atomic E-state index is 0.0197. The van der Waals surface area contributed by atoms with Crippen LogP contribution in [0.25, 0.3) is 0 Å². The van der Waals surface area contributed by atoms with Crippen molar-refractivity contribution in [2.24, 2.45) is 5.14 Å². The van der Waals surface area contributed by atoms with Crippen LogP contribution in [0.2, 0.25) is 0 Å². The maximum Gasteiger partial charge on any atom is 0.274 e. The van der Waals surface area contributed by atoms with Gasteiger partial charge in [0.2, 0.25) is 0 Å². The van der Waals surface area contributed by atoms with Crippen molar-refractivity contribution in [1.29, 1.82) is 0 Å². The molecule has 0 aromatic carbocycles. The second kappa shape index (κ2) is 3.48. The van der Waals surface area contributed by atoms with Gasteiger partial charge in [-0.2, -0.15) is 13.1 Å². The van der Waals surface area contributed by atoms with E-state index in [1.165, 1.54) is 0 Å². The molecule has 66 valence electrons. The van der Waals surface area contributed by atoms with Crippen LogP contribution in [0.3, 0.4) is 0 Å². The van der Waals surface area contributed by atoms with Crippen molar-refractivity contribution in [3.05, 3.63) is 0 Å². The van der Waals surface area contributed by atoms with E-state index < -0.39 is 10.2 Å². The Labute approximate surface area is 66.5 Å². The minimum atomic E-state index is -3.50. The lowest BCUT2D eigenvalue weighted by molar-refractivity contribution is 0.427. The smallest absolute Gasteiger partial charge is 0.274 e. The summed E-state index contributed by atoms with van der Waals surface area (Å²) in [6, 6.07) is 0.0197. The molecule has 1 heterocycles. The molecule has 0 bridgehead atoms. The molecule has 5 nitrogen and oxygen atoms in total. The summed E-state index contributed by atoms with van der Waals surface area (Å²) >= 11 is 0. The summed E-state index contributed by atoms with van der Waals surface area (Å²) in [5.41, 5.74) is 0. The Morgan fingerprint density at radius 3 is 2.36 bits per heavy atom. The highest BCUT2D eigenvalue weighted by Gasteiger charge is 2.16. The first-order chi connectivity index (χ1) is 5.08. The Hall–Kier alpha value is -0.170. The first-order valence-electron chi connectivity index (χ1n) is 3.59. The van der Waals surface area contributed by atoms with Crippen LogP contribution in [0.5, 0.6) is 0 Å². The first-order valence-corrected chi connectivity index (χ1v) is 5.13. The fourth-order valence-corrected chi connectivity index (χ4v) is 1.87. The highest BCUT2D eigenvalue weighted by Crippen LogP contribution is 2.01. The van der Waals surface area contributed by atoms with Crippen LogP contribution < -0.4 is 15.2 Å². The van der Waals surface area contributed by atoms with Gasteiger partial charge in [0.15, 0.2) is 0 Å². The average molecular weight is 179 g/mol. The van der Waals surface area contributed by atoms with Crippen LogP contribution in [0.15, 0.2) is 0 Å². The third-order valence-corrected chi connectivity index (χ3v) is 2.33. The van der Waals surface area contributed by atoms with Crippen molar-refractivity contribution >= 4 is 10.2 Å². The number of piperidine rings is 1. The van der Waals surface area contributed by atoms with Gasteiger partial charge in [-0.1, -0.05) is 0 Å². The van der Waals surface area contributed by atoms with E-state index in [9.17, 15) is 8.42 Å². The second-order valence-electron chi connectivity index (χ2n) is 2.69. The fraction of sp³-hybridized carbons (Fsp3) is 1.00. The van der Waals surface area contributed by atoms with Gasteiger partial charge in [-0.25, -0.2) is 5.14 Å². The third-order valence-electron chi connectivity index (χ3n) is 1.67. The monoisotopic (exact) mass is 179 g/mol. The summed E-state index contributed by atoms with van der Waals surface area (Å²) in [7, 11) is -3.50. The zero-order valence-corrected chi connectivity index (χ0v) is 7.02. The normalized spacial score (nSPS) is 21.9. The first kappa shape index (κ1) is 8.92. The van der Waals surface area contributed by atoms with Gasteiger partial charge in [0.1, 0.15) is 0 Å². The molecule has 1 fully saturated rings. The van der Waals surface area contributed by atoms with E-state index in [1.54, 1.807) is 0 Å². The summed E-state index contributed by atoms with van der Waals surface area (Å²) in [5.74, 6) is 0. The molecular weight excluding hydrogens is 166 g/mol. The van der Waals surface area contributed by atoms with Gasteiger partial charge >= 0.3 is 0 Å². The summed E-state index contributed by atoms with van der Waals surface area (Å²) in [6.07, 6.45) is 1.63. The van der Waals surface area contributed by atoms with E-state index in [0.717, 1.165) is 25.9 Å². The summed E-state index contributed by atoms with van der Waals surface area (Å²) in [6.45, 7) is 1.71. The third kappa shape index (κ3) is 3.66. The van der Waals surface area contributed by atoms with Crippen LogP contribution in [0, 0.1) is 0 Å². The molecule has 6 heteroatoms. The zero-order valence-electron chi connectivity index (χ0n) is 6.21. The molecule has 0 aromatic heterocycles. The lowest BCUT2D eigenvalue weighted by atomic mass is 10.1. The van der Waals surface area contributed by atoms with E-state index in [1.807, 2.05) is 0 Å². The topological polar surface area (TPSA) is 84.2 Å². The van der Waals surface area contributed by atoms with Crippen LogP contribution in [-0.2, 0) is 10.2 Å². The van der Waals surface area contributed by atoms with Gasteiger partial charge < -0.3 is 5.32 Å². The van der Waals surface area contributed by atoms with Crippen molar-refractivity contribution in [2.45, 2.75) is 18.9 Å². The maximum atomic E-state index is 10.5. The maximum absolute atomic E-state index is 10.5. The van der Waals surface area contributed by atoms with Crippen LogP contribution >= 0.6 is 0 Å². The molecule has 1 aliphatic rings. The van der Waals surface area contributed by atoms with Crippen LogP contribution in [0.4, 0.5) is 0 Å². The highest BCUT2D eigenvalue weighted by molar-refractivity contribution is 7.87. The van der Waals surface area contributed by atoms with E-state index in [-0.39, 0.29) is 6.04 Å². The Bertz CT molecular complexity index is 208. The lowest BCUT2D eigenvalue weighted by Crippen LogP contribution is -2.45. The van der Waals surface area contributed by atoms with E-state index in [2.05, 4.69) is 10.0 Å². The standard InChI is InChI=1S/C5H13N3O2S/c6-11(9,10)8-5-1-3-7-4-2-5/h5,7-8H,1-4H2,(H2,6,9,10). The molecule has 0 saturated carbocycles. The van der Waals surface area contributed by atoms with E-state index >= 15 is 0 Å². The molecule has 4 N–H and O–H groups in total. The number of nitrogens with one attached hydrogen (secondary N) is 2. The van der Waals surface area contributed by atoms with E-state index in [0.29, 0.717) is 0 Å². The molecule has 1 rings (SSSR count). The minimum Gasteiger partial charge on any atom is -0.317 e. The Morgan fingerprint density at radius 1 is 1.36 bits per heavy atom. The van der Waals surface area contributed by atoms with Crippen molar-refractivity contribution < 1.29 is 8.42 Å². The molecule has 11 heavy (non-hydrogen) atoms. The number of nitrogens with two attached hydrogens (primary N) is 1. The van der Waals surface area contributed by atoms with Crippen molar-refractivity contribution in [1.82, 2.24) is 10.0 Å². The molecule has 0 amide bonds. The SMILES string of the molecule is NS(=O)(=O)NC1CCNCC1. The summed E-state index contributed by atoms with van der Waals surface area (Å²) in [4.78, 5) is 0. The zero-order chi connectivity index (χ0) is 8.32. The molecule has 0 unspecified atom stereocenters. The average Bonchev–Trinajstić information content (AvgIpc) is 1.85. The van der Waals surface area contributed by atoms with E-state index in [4.69, 9.17) is 5.14 Å². The molecule has 0 atom stereocenters. The molecule has 0 spiro atoms. The van der Waals surface area contributed by atoms with Crippen molar-refractivity contribution in [3.8, 4) is 0 Å². The number of hydrogen-bond donors (Lipinski definition) is 3. The van der Waals surface area contributed by atoms with Crippen LogP contribution in [-0.4, -0.2) is 27.5 Å². The Morgan fingerprint density at radius 2 is 1.91 bits per heavy atom. The molecule has 0 radical (unpaired) electrons. The van der Waals surface area contributed by atoms with Crippen LogP contribution in [0.1, 0.15) is 12.8 Å². The summed E-state index contributed by atoms with van der Waals surface area (Å²) in [5, 5.41) is 7.93. The quantitative estimate of drug-likeness (QED) is 0.484. The Balaban J connectivity index is 2.36. The predicted molar refractivity (Wildman–Crippen MR) is 42.1 cm³/mol. The summed E-state index contributed by atoms with van der Waals surface area (Å²) < 4.78 is 23.5. The van der Waals surface area contributed by atoms with Gasteiger partial charge in [-0.05, 0) is 25.9 Å². The highest BCUT2D eigenvalue weighted by atomic mass is 32.2. The van der Waals surface area contributed by atoms with Gasteiger partial charge in [0.25, 0.3) is 10.2 Å². The molecule has 0 aromatic rings. The van der Waals surface area contributed by atoms with Gasteiger partial charge in [0.05, 0.1) is 0 Å². The molecule has 1 aliphatic heterocycles. The predicted octanol–water partition coefficient (Wildman–Crippen LogP) is -1.47. The van der Waals surface area contributed by atoms with Crippen molar-refractivity contribution in [2.75, 3.05) is 13.1 Å². The van der Waals surface area contributed by atoms with Gasteiger partial charge in [-0.3, -0.25) is 0 Å². The number of hydrogen-bond acceptors (Lipinski definition) is 3. The second-order valence-corrected chi connectivity index (χ2v) is 4.01. The molecule has 1 saturated heterocycles. The largest absolute Gasteiger partial charge is 0.317 e. The lowest BCUT2D eigenvalue weighted by Gasteiger charge is -2.22. The molecule has 0 aliphatic carbocycles. The van der Waals surface area contributed by atoms with Gasteiger partial charge in [-0.15, -0.1) is 0 Å². The molecular formula is C5H13N3O2S. The van der Waals surface area contributed by atoms with Crippen molar-refractivity contribution in [3.63, 3.8) is 0 Å².